The minimum absolute atomic E-state index is 0.0695. The molecule has 0 radical (unpaired) electrons. The van der Waals surface area contributed by atoms with Gasteiger partial charge in [-0.3, -0.25) is 4.90 Å². The first-order chi connectivity index (χ1) is 7.87. The molecule has 1 fully saturated rings. The monoisotopic (exact) mass is 246 g/mol. The van der Waals surface area contributed by atoms with E-state index in [2.05, 4.69) is 10.4 Å². The van der Waals surface area contributed by atoms with E-state index in [0.29, 0.717) is 0 Å². The lowest BCUT2D eigenvalue weighted by molar-refractivity contribution is -0.0414. The number of hydrogen-bond acceptors (Lipinski definition) is 5. The number of rotatable bonds is 5. The molecule has 1 aliphatic rings. The summed E-state index contributed by atoms with van der Waals surface area (Å²) in [6, 6.07) is 0. The van der Waals surface area contributed by atoms with Crippen LogP contribution in [-0.4, -0.2) is 42.2 Å². The Bertz CT molecular complexity index is 261. The molecule has 0 aromatic carbocycles. The van der Waals surface area contributed by atoms with Gasteiger partial charge in [0.15, 0.2) is 6.23 Å². The number of epoxide rings is 1. The number of hydroxylamine groups is 1. The summed E-state index contributed by atoms with van der Waals surface area (Å²) >= 11 is 0. The summed E-state index contributed by atoms with van der Waals surface area (Å²) < 4.78 is 10.3. The average molecular weight is 246 g/mol. The van der Waals surface area contributed by atoms with Gasteiger partial charge in [-0.05, 0) is 33.9 Å². The van der Waals surface area contributed by atoms with Gasteiger partial charge in [-0.15, -0.1) is 0 Å². The van der Waals surface area contributed by atoms with Crippen LogP contribution in [0.5, 0.6) is 0 Å². The highest BCUT2D eigenvalue weighted by Crippen LogP contribution is 2.25. The zero-order chi connectivity index (χ0) is 13.1. The minimum Gasteiger partial charge on any atom is -0.442 e. The van der Waals surface area contributed by atoms with E-state index in [4.69, 9.17) is 14.3 Å². The summed E-state index contributed by atoms with van der Waals surface area (Å²) in [7, 11) is 0. The van der Waals surface area contributed by atoms with E-state index in [1.165, 1.54) is 0 Å². The van der Waals surface area contributed by atoms with Crippen LogP contribution < -0.4 is 5.48 Å². The summed E-state index contributed by atoms with van der Waals surface area (Å²) in [5, 5.41) is 0. The summed E-state index contributed by atoms with van der Waals surface area (Å²) in [5.74, 6) is 0. The number of nitrogens with zero attached hydrogens (tertiary/aromatic N) is 1. The van der Waals surface area contributed by atoms with Crippen molar-refractivity contribution in [2.75, 3.05) is 13.1 Å². The number of hydrogen-bond donors (Lipinski definition) is 1. The highest BCUT2D eigenvalue weighted by molar-refractivity contribution is 5.66. The molecule has 6 nitrogen and oxygen atoms in total. The van der Waals surface area contributed by atoms with Crippen LogP contribution in [0.2, 0.25) is 0 Å². The first-order valence-electron chi connectivity index (χ1n) is 5.91. The van der Waals surface area contributed by atoms with Crippen molar-refractivity contribution in [3.05, 3.63) is 0 Å². The number of ether oxygens (including phenoxy) is 2. The predicted molar refractivity (Wildman–Crippen MR) is 62.0 cm³/mol. The van der Waals surface area contributed by atoms with Gasteiger partial charge >= 0.3 is 6.09 Å². The van der Waals surface area contributed by atoms with E-state index in [1.54, 1.807) is 20.8 Å². The fourth-order valence-corrected chi connectivity index (χ4v) is 1.42. The molecule has 0 aromatic heterocycles. The fourth-order valence-electron chi connectivity index (χ4n) is 1.42. The number of nitrogens with one attached hydrogen (secondary N) is 1. The van der Waals surface area contributed by atoms with E-state index in [1.807, 2.05) is 13.8 Å². The van der Waals surface area contributed by atoms with Crippen molar-refractivity contribution in [3.63, 3.8) is 0 Å². The van der Waals surface area contributed by atoms with Gasteiger partial charge in [-0.25, -0.2) is 9.63 Å². The topological polar surface area (TPSA) is 63.3 Å². The van der Waals surface area contributed by atoms with Gasteiger partial charge in [0.05, 0.1) is 0 Å². The van der Waals surface area contributed by atoms with E-state index < -0.39 is 18.0 Å². The lowest BCUT2D eigenvalue weighted by Crippen LogP contribution is -2.35. The number of amides is 1. The van der Waals surface area contributed by atoms with Crippen molar-refractivity contribution in [2.45, 2.75) is 52.7 Å². The molecule has 17 heavy (non-hydrogen) atoms. The Morgan fingerprint density at radius 1 is 1.35 bits per heavy atom. The van der Waals surface area contributed by atoms with Crippen molar-refractivity contribution < 1.29 is 19.1 Å². The molecular formula is C11H22N2O4. The molecule has 0 saturated carbocycles. The van der Waals surface area contributed by atoms with Gasteiger partial charge in [0.25, 0.3) is 0 Å². The summed E-state index contributed by atoms with van der Waals surface area (Å²) in [5.41, 5.74) is 1.69. The Morgan fingerprint density at radius 3 is 2.41 bits per heavy atom. The standard InChI is InChI=1S/C11H22N2O4/c1-6-13(7-2)8-9(15-8)17-12-10(14)16-11(3,4)5/h8-9H,6-7H2,1-5H3,(H,12,14). The molecule has 1 rings (SSSR count). The molecule has 1 heterocycles. The van der Waals surface area contributed by atoms with E-state index >= 15 is 0 Å². The van der Waals surface area contributed by atoms with Crippen molar-refractivity contribution in [1.29, 1.82) is 0 Å². The van der Waals surface area contributed by atoms with Gasteiger partial charge in [0.2, 0.25) is 6.29 Å². The molecule has 2 unspecified atom stereocenters. The third-order valence-electron chi connectivity index (χ3n) is 2.26. The van der Waals surface area contributed by atoms with Crippen LogP contribution in [0.1, 0.15) is 34.6 Å². The minimum atomic E-state index is -0.605. The van der Waals surface area contributed by atoms with E-state index in [-0.39, 0.29) is 6.23 Å². The summed E-state index contributed by atoms with van der Waals surface area (Å²) in [4.78, 5) is 18.4. The lowest BCUT2D eigenvalue weighted by atomic mass is 10.2. The molecule has 1 saturated heterocycles. The van der Waals surface area contributed by atoms with Crippen LogP contribution in [0.15, 0.2) is 0 Å². The largest absolute Gasteiger partial charge is 0.442 e. The molecular weight excluding hydrogens is 224 g/mol. The molecule has 1 N–H and O–H groups in total. The predicted octanol–water partition coefficient (Wildman–Crippen LogP) is 1.47. The number of carbonyl (C=O) groups excluding carboxylic acids is 1. The van der Waals surface area contributed by atoms with Crippen LogP contribution in [-0.2, 0) is 14.3 Å². The molecule has 0 aliphatic carbocycles. The van der Waals surface area contributed by atoms with Crippen LogP contribution in [0, 0.1) is 0 Å². The smallest absolute Gasteiger partial charge is 0.431 e. The SMILES string of the molecule is CCN(CC)C1OC1ONC(=O)OC(C)(C)C. The summed E-state index contributed by atoms with van der Waals surface area (Å²) in [6.45, 7) is 11.2. The first-order valence-corrected chi connectivity index (χ1v) is 5.91. The molecule has 0 bridgehead atoms. The average Bonchev–Trinajstić information content (AvgIpc) is 2.94. The Balaban J connectivity index is 2.19. The zero-order valence-electron chi connectivity index (χ0n) is 11.1. The lowest BCUT2D eigenvalue weighted by Gasteiger charge is -2.19. The molecule has 100 valence electrons. The highest BCUT2D eigenvalue weighted by atomic mass is 16.9. The van der Waals surface area contributed by atoms with E-state index in [0.717, 1.165) is 13.1 Å². The van der Waals surface area contributed by atoms with Crippen molar-refractivity contribution >= 4 is 6.09 Å². The van der Waals surface area contributed by atoms with Crippen LogP contribution in [0.4, 0.5) is 4.79 Å². The summed E-state index contributed by atoms with van der Waals surface area (Å²) in [6.07, 6.45) is -1.08. The van der Waals surface area contributed by atoms with E-state index in [9.17, 15) is 4.79 Å². The molecule has 6 heteroatoms. The quantitative estimate of drug-likeness (QED) is 0.588. The fraction of sp³-hybridized carbons (Fsp3) is 0.909. The third kappa shape index (κ3) is 4.89. The Morgan fingerprint density at radius 2 is 1.94 bits per heavy atom. The van der Waals surface area contributed by atoms with Crippen LogP contribution in [0.25, 0.3) is 0 Å². The van der Waals surface area contributed by atoms with Gasteiger partial charge in [0.1, 0.15) is 5.60 Å². The second-order valence-corrected chi connectivity index (χ2v) is 4.84. The van der Waals surface area contributed by atoms with Crippen molar-refractivity contribution in [3.8, 4) is 0 Å². The van der Waals surface area contributed by atoms with Gasteiger partial charge < -0.3 is 9.47 Å². The molecule has 1 aliphatic heterocycles. The molecule has 2 atom stereocenters. The van der Waals surface area contributed by atoms with Gasteiger partial charge in [0, 0.05) is 0 Å². The van der Waals surface area contributed by atoms with Crippen molar-refractivity contribution in [1.82, 2.24) is 10.4 Å². The number of likely N-dealkylation sites (N-methyl/N-ethyl adjacent to an activating group) is 1. The van der Waals surface area contributed by atoms with Crippen molar-refractivity contribution in [2.24, 2.45) is 0 Å². The molecule has 1 amide bonds. The molecule has 0 aromatic rings. The third-order valence-corrected chi connectivity index (χ3v) is 2.26. The number of carbonyl (C=O) groups is 1. The second kappa shape index (κ2) is 5.66. The highest BCUT2D eigenvalue weighted by Gasteiger charge is 2.45. The Labute approximate surface area is 102 Å². The maximum atomic E-state index is 11.3. The first kappa shape index (κ1) is 14.2. The van der Waals surface area contributed by atoms with Gasteiger partial charge in [-0.2, -0.15) is 5.48 Å². The second-order valence-electron chi connectivity index (χ2n) is 4.84. The van der Waals surface area contributed by atoms with Gasteiger partial charge in [-0.1, -0.05) is 13.8 Å². The Hall–Kier alpha value is -0.850. The maximum Gasteiger partial charge on any atom is 0.431 e. The normalized spacial score (nSPS) is 23.6. The van der Waals surface area contributed by atoms with Crippen LogP contribution >= 0.6 is 0 Å². The zero-order valence-corrected chi connectivity index (χ0v) is 11.1. The maximum absolute atomic E-state index is 11.3. The molecule has 0 spiro atoms. The van der Waals surface area contributed by atoms with Crippen LogP contribution in [0.3, 0.4) is 0 Å². The Kier molecular flexibility index (Phi) is 4.73.